The first-order valence-electron chi connectivity index (χ1n) is 7.43. The Morgan fingerprint density at radius 2 is 0.800 bits per heavy atom. The third kappa shape index (κ3) is 2.10. The molecule has 3 saturated carbocycles. The first-order chi connectivity index (χ1) is 7.43. The summed E-state index contributed by atoms with van der Waals surface area (Å²) in [7, 11) is 0. The lowest BCUT2D eigenvalue weighted by Crippen LogP contribution is -2.30. The van der Waals surface area contributed by atoms with Gasteiger partial charge in [-0.25, -0.2) is 0 Å². The van der Waals surface area contributed by atoms with E-state index in [1.54, 1.807) is 64.2 Å². The lowest BCUT2D eigenvalue weighted by Gasteiger charge is -2.41. The van der Waals surface area contributed by atoms with Crippen molar-refractivity contribution >= 4 is 0 Å². The molecule has 0 aromatic rings. The molecule has 0 spiro atoms. The van der Waals surface area contributed by atoms with Crippen LogP contribution in [0.2, 0.25) is 0 Å². The zero-order valence-electron chi connectivity index (χ0n) is 10.1. The van der Waals surface area contributed by atoms with Gasteiger partial charge in [-0.2, -0.15) is 0 Å². The van der Waals surface area contributed by atoms with Gasteiger partial charge in [0.25, 0.3) is 0 Å². The molecule has 0 aromatic carbocycles. The maximum atomic E-state index is 1.62. The third-order valence-corrected chi connectivity index (χ3v) is 5.65. The van der Waals surface area contributed by atoms with E-state index in [0.29, 0.717) is 0 Å². The highest BCUT2D eigenvalue weighted by Gasteiger charge is 2.36. The van der Waals surface area contributed by atoms with Crippen molar-refractivity contribution in [1.29, 1.82) is 0 Å². The molecular weight excluding hydrogens is 180 g/mol. The number of fused-ring (bicyclic) bond motifs is 2. The van der Waals surface area contributed by atoms with Crippen LogP contribution in [-0.2, 0) is 0 Å². The van der Waals surface area contributed by atoms with Crippen LogP contribution in [0.15, 0.2) is 0 Å². The van der Waals surface area contributed by atoms with E-state index in [2.05, 4.69) is 0 Å². The Bertz CT molecular complexity index is 208. The molecule has 4 unspecified atom stereocenters. The Labute approximate surface area is 94.8 Å². The lowest BCUT2D eigenvalue weighted by molar-refractivity contribution is 0.103. The molecule has 0 heteroatoms. The summed E-state index contributed by atoms with van der Waals surface area (Å²) in [6.07, 6.45) is 17.2. The van der Waals surface area contributed by atoms with Crippen molar-refractivity contribution in [2.45, 2.75) is 70.6 Å². The molecule has 0 amide bonds. The van der Waals surface area contributed by atoms with Crippen molar-refractivity contribution in [3.63, 3.8) is 0 Å². The molecule has 3 aliphatic carbocycles. The zero-order chi connectivity index (χ0) is 10.1. The summed E-state index contributed by atoms with van der Waals surface area (Å²) < 4.78 is 0. The second kappa shape index (κ2) is 4.47. The van der Waals surface area contributed by atoms with Gasteiger partial charge in [0.05, 0.1) is 0 Å². The van der Waals surface area contributed by atoms with Crippen molar-refractivity contribution in [3.8, 4) is 0 Å². The van der Waals surface area contributed by atoms with E-state index in [0.717, 1.165) is 23.7 Å². The average molecular weight is 206 g/mol. The van der Waals surface area contributed by atoms with E-state index in [-0.39, 0.29) is 0 Å². The van der Waals surface area contributed by atoms with Crippen LogP contribution in [0.4, 0.5) is 0 Å². The van der Waals surface area contributed by atoms with E-state index < -0.39 is 0 Å². The highest BCUT2D eigenvalue weighted by Crippen LogP contribution is 2.47. The third-order valence-electron chi connectivity index (χ3n) is 5.65. The standard InChI is InChI=1S/C15H26/c1-2-7-13-9-10-15(13)11-14-8-4-3-6-12(14)5-1/h12-15H,1-11H2. The molecule has 4 atom stereocenters. The lowest BCUT2D eigenvalue weighted by atomic mass is 9.65. The average Bonchev–Trinajstić information content (AvgIpc) is 2.30. The van der Waals surface area contributed by atoms with Crippen molar-refractivity contribution in [3.05, 3.63) is 0 Å². The molecular formula is C15H26. The van der Waals surface area contributed by atoms with E-state index >= 15 is 0 Å². The smallest absolute Gasteiger partial charge is 0.0383 e. The first kappa shape index (κ1) is 10.2. The molecule has 0 aliphatic heterocycles. The van der Waals surface area contributed by atoms with Crippen molar-refractivity contribution in [2.24, 2.45) is 23.7 Å². The van der Waals surface area contributed by atoms with E-state index in [1.807, 2.05) is 0 Å². The highest BCUT2D eigenvalue weighted by atomic mass is 14.4. The minimum Gasteiger partial charge on any atom is -0.0530 e. The number of hydrogen-bond acceptors (Lipinski definition) is 0. The first-order valence-corrected chi connectivity index (χ1v) is 7.43. The molecule has 0 radical (unpaired) electrons. The fourth-order valence-electron chi connectivity index (χ4n) is 4.51. The maximum absolute atomic E-state index is 1.62. The normalized spacial score (nSPS) is 46.4. The van der Waals surface area contributed by atoms with Crippen LogP contribution < -0.4 is 0 Å². The summed E-state index contributed by atoms with van der Waals surface area (Å²) in [6.45, 7) is 0. The molecule has 86 valence electrons. The summed E-state index contributed by atoms with van der Waals surface area (Å²) in [5.41, 5.74) is 0. The van der Waals surface area contributed by atoms with E-state index in [9.17, 15) is 0 Å². The Hall–Kier alpha value is 0. The Morgan fingerprint density at radius 1 is 0.400 bits per heavy atom. The van der Waals surface area contributed by atoms with Crippen LogP contribution in [0.5, 0.6) is 0 Å². The molecule has 0 nitrogen and oxygen atoms in total. The van der Waals surface area contributed by atoms with Crippen LogP contribution in [0.3, 0.4) is 0 Å². The summed E-state index contributed by atoms with van der Waals surface area (Å²) in [4.78, 5) is 0. The van der Waals surface area contributed by atoms with Gasteiger partial charge in [0.15, 0.2) is 0 Å². The van der Waals surface area contributed by atoms with Crippen LogP contribution in [-0.4, -0.2) is 0 Å². The largest absolute Gasteiger partial charge is 0.0530 e. The second-order valence-electron chi connectivity index (χ2n) is 6.42. The number of rotatable bonds is 0. The van der Waals surface area contributed by atoms with Gasteiger partial charge in [-0.15, -0.1) is 0 Å². The van der Waals surface area contributed by atoms with Gasteiger partial charge in [0.1, 0.15) is 0 Å². The summed E-state index contributed by atoms with van der Waals surface area (Å²) in [6, 6.07) is 0. The fourth-order valence-corrected chi connectivity index (χ4v) is 4.51. The maximum Gasteiger partial charge on any atom is -0.0383 e. The van der Waals surface area contributed by atoms with Gasteiger partial charge >= 0.3 is 0 Å². The second-order valence-corrected chi connectivity index (χ2v) is 6.42. The van der Waals surface area contributed by atoms with Gasteiger partial charge in [-0.3, -0.25) is 0 Å². The topological polar surface area (TPSA) is 0 Å². The van der Waals surface area contributed by atoms with Gasteiger partial charge < -0.3 is 0 Å². The molecule has 0 saturated heterocycles. The van der Waals surface area contributed by atoms with E-state index in [1.165, 1.54) is 6.42 Å². The molecule has 3 aliphatic rings. The Morgan fingerprint density at radius 3 is 1.33 bits per heavy atom. The predicted molar refractivity (Wildman–Crippen MR) is 64.7 cm³/mol. The van der Waals surface area contributed by atoms with Crippen molar-refractivity contribution in [1.82, 2.24) is 0 Å². The molecule has 0 bridgehead atoms. The molecule has 0 aromatic heterocycles. The fraction of sp³-hybridized carbons (Fsp3) is 1.00. The monoisotopic (exact) mass is 206 g/mol. The minimum absolute atomic E-state index is 1.14. The van der Waals surface area contributed by atoms with Gasteiger partial charge in [0.2, 0.25) is 0 Å². The zero-order valence-corrected chi connectivity index (χ0v) is 10.1. The highest BCUT2D eigenvalue weighted by molar-refractivity contribution is 4.87. The Balaban J connectivity index is 1.66. The van der Waals surface area contributed by atoms with Crippen LogP contribution >= 0.6 is 0 Å². The quantitative estimate of drug-likeness (QED) is 0.535. The molecule has 0 heterocycles. The SMILES string of the molecule is C1CCC2CCC2CC2CCCCC2C1. The van der Waals surface area contributed by atoms with Crippen LogP contribution in [0.25, 0.3) is 0 Å². The number of hydrogen-bond donors (Lipinski definition) is 0. The molecule has 3 fully saturated rings. The van der Waals surface area contributed by atoms with Crippen molar-refractivity contribution in [2.75, 3.05) is 0 Å². The van der Waals surface area contributed by atoms with Crippen LogP contribution in [0.1, 0.15) is 70.6 Å². The molecule has 0 N–H and O–H groups in total. The molecule has 15 heavy (non-hydrogen) atoms. The van der Waals surface area contributed by atoms with Crippen molar-refractivity contribution < 1.29 is 0 Å². The van der Waals surface area contributed by atoms with Gasteiger partial charge in [0, 0.05) is 0 Å². The minimum atomic E-state index is 1.14. The summed E-state index contributed by atoms with van der Waals surface area (Å²) in [5, 5.41) is 0. The predicted octanol–water partition coefficient (Wildman–Crippen LogP) is 4.78. The summed E-state index contributed by atoms with van der Waals surface area (Å²) >= 11 is 0. The van der Waals surface area contributed by atoms with Gasteiger partial charge in [-0.1, -0.05) is 51.4 Å². The van der Waals surface area contributed by atoms with Crippen LogP contribution in [0, 0.1) is 23.7 Å². The van der Waals surface area contributed by atoms with E-state index in [4.69, 9.17) is 0 Å². The summed E-state index contributed by atoms with van der Waals surface area (Å²) in [5.74, 6) is 4.60. The van der Waals surface area contributed by atoms with Gasteiger partial charge in [-0.05, 0) is 42.9 Å². The molecule has 3 rings (SSSR count). The Kier molecular flexibility index (Phi) is 3.03.